The van der Waals surface area contributed by atoms with Gasteiger partial charge in [-0.1, -0.05) is 33.8 Å². The van der Waals surface area contributed by atoms with E-state index >= 15 is 0 Å². The molecule has 1 atom stereocenters. The molecule has 0 aliphatic carbocycles. The summed E-state index contributed by atoms with van der Waals surface area (Å²) in [7, 11) is 0. The molecular weight excluding hydrogens is 224 g/mol. The van der Waals surface area contributed by atoms with Crippen LogP contribution in [0.1, 0.15) is 51.4 Å². The van der Waals surface area contributed by atoms with E-state index in [9.17, 15) is 4.79 Å². The fraction of sp³-hybridized carbons (Fsp3) is 0.467. The van der Waals surface area contributed by atoms with Gasteiger partial charge in [-0.15, -0.1) is 0 Å². The van der Waals surface area contributed by atoms with Crippen molar-refractivity contribution in [3.63, 3.8) is 0 Å². The number of nitrogens with one attached hydrogen (secondary N) is 1. The van der Waals surface area contributed by atoms with Crippen LogP contribution >= 0.6 is 0 Å². The molecule has 1 unspecified atom stereocenters. The van der Waals surface area contributed by atoms with E-state index in [0.29, 0.717) is 6.42 Å². The van der Waals surface area contributed by atoms with Crippen molar-refractivity contribution in [2.24, 2.45) is 0 Å². The van der Waals surface area contributed by atoms with E-state index in [0.717, 1.165) is 23.1 Å². The third-order valence-electron chi connectivity index (χ3n) is 3.24. The van der Waals surface area contributed by atoms with Crippen LogP contribution in [0, 0.1) is 0 Å². The Morgan fingerprint density at radius 2 is 2.11 bits per heavy atom. The first-order chi connectivity index (χ1) is 8.41. The number of aldehydes is 1. The molecule has 0 spiro atoms. The molecule has 0 fully saturated rings. The van der Waals surface area contributed by atoms with Crippen LogP contribution in [-0.2, 0) is 10.2 Å². The quantitative estimate of drug-likeness (QED) is 0.839. The van der Waals surface area contributed by atoms with Gasteiger partial charge in [0.15, 0.2) is 0 Å². The van der Waals surface area contributed by atoms with Gasteiger partial charge < -0.3 is 9.78 Å². The zero-order valence-corrected chi connectivity index (χ0v) is 11.4. The molecule has 1 aromatic heterocycles. The molecule has 0 saturated carbocycles. The summed E-state index contributed by atoms with van der Waals surface area (Å²) >= 11 is 0. The number of aromatic nitrogens is 2. The monoisotopic (exact) mass is 244 g/mol. The maximum absolute atomic E-state index is 10.6. The fourth-order valence-electron chi connectivity index (χ4n) is 1.97. The van der Waals surface area contributed by atoms with Crippen molar-refractivity contribution in [3.8, 4) is 0 Å². The molecular formula is C15H20N2O. The summed E-state index contributed by atoms with van der Waals surface area (Å²) in [6.07, 6.45) is 1.54. The maximum atomic E-state index is 10.6. The van der Waals surface area contributed by atoms with Crippen molar-refractivity contribution in [1.29, 1.82) is 0 Å². The van der Waals surface area contributed by atoms with Crippen LogP contribution in [0.4, 0.5) is 0 Å². The van der Waals surface area contributed by atoms with Crippen molar-refractivity contribution in [2.45, 2.75) is 45.4 Å². The largest absolute Gasteiger partial charge is 0.342 e. The lowest BCUT2D eigenvalue weighted by Crippen LogP contribution is -2.12. The molecule has 96 valence electrons. The van der Waals surface area contributed by atoms with Gasteiger partial charge in [0, 0.05) is 11.8 Å². The van der Waals surface area contributed by atoms with Gasteiger partial charge in [0.05, 0.1) is 11.0 Å². The second kappa shape index (κ2) is 4.56. The third-order valence-corrected chi connectivity index (χ3v) is 3.24. The highest BCUT2D eigenvalue weighted by Crippen LogP contribution is 2.25. The minimum atomic E-state index is 0.0214. The van der Waals surface area contributed by atoms with Gasteiger partial charge in [-0.05, 0) is 23.6 Å². The second-order valence-corrected chi connectivity index (χ2v) is 5.92. The minimum Gasteiger partial charge on any atom is -0.342 e. The van der Waals surface area contributed by atoms with E-state index < -0.39 is 0 Å². The average molecular weight is 244 g/mol. The van der Waals surface area contributed by atoms with Crippen LogP contribution < -0.4 is 0 Å². The smallest absolute Gasteiger partial charge is 0.120 e. The Balaban J connectivity index is 2.42. The molecule has 2 aromatic rings. The van der Waals surface area contributed by atoms with E-state index in [-0.39, 0.29) is 11.3 Å². The number of carbonyl (C=O) groups excluding carboxylic acids is 1. The summed E-state index contributed by atoms with van der Waals surface area (Å²) in [4.78, 5) is 18.5. The number of benzene rings is 1. The van der Waals surface area contributed by atoms with E-state index in [4.69, 9.17) is 0 Å². The lowest BCUT2D eigenvalue weighted by molar-refractivity contribution is -0.108. The molecule has 0 saturated heterocycles. The standard InChI is InChI=1S/C15H20N2O/c1-10(7-8-18)11-5-6-12-13(9-11)17-14(16-12)15(2,3)4/h5-6,8-10H,7H2,1-4H3,(H,16,17). The van der Waals surface area contributed by atoms with Gasteiger partial charge >= 0.3 is 0 Å². The predicted octanol–water partition coefficient (Wildman–Crippen LogP) is 3.55. The molecule has 3 heteroatoms. The number of imidazole rings is 1. The number of hydrogen-bond acceptors (Lipinski definition) is 2. The Hall–Kier alpha value is -1.64. The van der Waals surface area contributed by atoms with Gasteiger partial charge in [-0.2, -0.15) is 0 Å². The first-order valence-electron chi connectivity index (χ1n) is 6.35. The SMILES string of the molecule is CC(CC=O)c1ccc2nc(C(C)(C)C)[nH]c2c1. The first-order valence-corrected chi connectivity index (χ1v) is 6.35. The molecule has 0 amide bonds. The second-order valence-electron chi connectivity index (χ2n) is 5.92. The van der Waals surface area contributed by atoms with Crippen molar-refractivity contribution in [2.75, 3.05) is 0 Å². The van der Waals surface area contributed by atoms with E-state index in [1.165, 1.54) is 5.56 Å². The van der Waals surface area contributed by atoms with Gasteiger partial charge in [0.25, 0.3) is 0 Å². The van der Waals surface area contributed by atoms with Gasteiger partial charge in [-0.3, -0.25) is 0 Å². The number of H-pyrrole nitrogens is 1. The van der Waals surface area contributed by atoms with Crippen LogP contribution in [0.5, 0.6) is 0 Å². The van der Waals surface area contributed by atoms with E-state index in [1.807, 2.05) is 6.07 Å². The maximum Gasteiger partial charge on any atom is 0.120 e. The van der Waals surface area contributed by atoms with E-state index in [1.54, 1.807) is 0 Å². The van der Waals surface area contributed by atoms with Crippen LogP contribution in [0.25, 0.3) is 11.0 Å². The van der Waals surface area contributed by atoms with E-state index in [2.05, 4.69) is 49.8 Å². The molecule has 1 N–H and O–H groups in total. The van der Waals surface area contributed by atoms with Crippen molar-refractivity contribution >= 4 is 17.3 Å². The van der Waals surface area contributed by atoms with Crippen LogP contribution in [0.2, 0.25) is 0 Å². The molecule has 0 aliphatic heterocycles. The fourth-order valence-corrected chi connectivity index (χ4v) is 1.97. The third kappa shape index (κ3) is 2.45. The van der Waals surface area contributed by atoms with Crippen molar-refractivity contribution in [3.05, 3.63) is 29.6 Å². The highest BCUT2D eigenvalue weighted by Gasteiger charge is 2.18. The molecule has 0 radical (unpaired) electrons. The summed E-state index contributed by atoms with van der Waals surface area (Å²) in [5.74, 6) is 1.26. The number of carbonyl (C=O) groups is 1. The summed E-state index contributed by atoms with van der Waals surface area (Å²) in [5, 5.41) is 0. The molecule has 18 heavy (non-hydrogen) atoms. The number of aromatic amines is 1. The van der Waals surface area contributed by atoms with Crippen LogP contribution in [-0.4, -0.2) is 16.3 Å². The lowest BCUT2D eigenvalue weighted by Gasteiger charge is -2.13. The Morgan fingerprint density at radius 1 is 1.39 bits per heavy atom. The summed E-state index contributed by atoms with van der Waals surface area (Å²) < 4.78 is 0. The summed E-state index contributed by atoms with van der Waals surface area (Å²) in [6.45, 7) is 8.48. The Kier molecular flexibility index (Phi) is 3.24. The zero-order valence-electron chi connectivity index (χ0n) is 11.4. The molecule has 2 rings (SSSR count). The highest BCUT2D eigenvalue weighted by atomic mass is 16.1. The first kappa shape index (κ1) is 12.8. The number of rotatable bonds is 3. The van der Waals surface area contributed by atoms with Crippen LogP contribution in [0.3, 0.4) is 0 Å². The lowest BCUT2D eigenvalue weighted by atomic mass is 9.96. The Labute approximate surface area is 108 Å². The average Bonchev–Trinajstić information content (AvgIpc) is 2.71. The molecule has 0 bridgehead atoms. The predicted molar refractivity (Wildman–Crippen MR) is 73.9 cm³/mol. The zero-order chi connectivity index (χ0) is 13.3. The number of fused-ring (bicyclic) bond motifs is 1. The molecule has 1 heterocycles. The molecule has 3 nitrogen and oxygen atoms in total. The number of hydrogen-bond donors (Lipinski definition) is 1. The molecule has 1 aromatic carbocycles. The van der Waals surface area contributed by atoms with Crippen LogP contribution in [0.15, 0.2) is 18.2 Å². The topological polar surface area (TPSA) is 45.8 Å². The van der Waals surface area contributed by atoms with Gasteiger partial charge in [-0.25, -0.2) is 4.98 Å². The molecule has 0 aliphatic rings. The normalized spacial score (nSPS) is 13.8. The Morgan fingerprint density at radius 3 is 2.72 bits per heavy atom. The van der Waals surface area contributed by atoms with Gasteiger partial charge in [0.2, 0.25) is 0 Å². The minimum absolute atomic E-state index is 0.0214. The summed E-state index contributed by atoms with van der Waals surface area (Å²) in [6, 6.07) is 6.19. The summed E-state index contributed by atoms with van der Waals surface area (Å²) in [5.41, 5.74) is 3.24. The van der Waals surface area contributed by atoms with Crippen molar-refractivity contribution in [1.82, 2.24) is 9.97 Å². The van der Waals surface area contributed by atoms with Gasteiger partial charge in [0.1, 0.15) is 12.1 Å². The van der Waals surface area contributed by atoms with Crippen molar-refractivity contribution < 1.29 is 4.79 Å². The Bertz CT molecular complexity index is 563. The highest BCUT2D eigenvalue weighted by molar-refractivity contribution is 5.76. The number of nitrogens with zero attached hydrogens (tertiary/aromatic N) is 1.